The van der Waals surface area contributed by atoms with E-state index in [0.717, 1.165) is 19.3 Å². The number of rotatable bonds is 1. The minimum absolute atomic E-state index is 0.159. The molecule has 0 aromatic heterocycles. The maximum Gasteiger partial charge on any atom is 0.0938 e. The van der Waals surface area contributed by atoms with E-state index in [4.69, 9.17) is 0 Å². The third-order valence-corrected chi connectivity index (χ3v) is 3.20. The summed E-state index contributed by atoms with van der Waals surface area (Å²) < 4.78 is 0. The van der Waals surface area contributed by atoms with Crippen molar-refractivity contribution in [3.8, 4) is 0 Å². The molecule has 2 fully saturated rings. The third kappa shape index (κ3) is 1.72. The summed E-state index contributed by atoms with van der Waals surface area (Å²) in [5, 5.41) is 28.3. The van der Waals surface area contributed by atoms with Crippen molar-refractivity contribution in [1.29, 1.82) is 0 Å². The summed E-state index contributed by atoms with van der Waals surface area (Å²) in [7, 11) is 0. The first-order chi connectivity index (χ1) is 6.18. The monoisotopic (exact) mass is 187 g/mol. The average molecular weight is 187 g/mol. The average Bonchev–Trinajstić information content (AvgIpc) is 2.60. The standard InChI is InChI=1S/C9H17NO3/c11-7-3-1-2-6(7)10-4-8(12)9(13)5-10/h6-9,11-13H,1-5H2/t6?,7?,8-,9+. The van der Waals surface area contributed by atoms with Crippen molar-refractivity contribution in [2.45, 2.75) is 43.6 Å². The number of aliphatic hydroxyl groups excluding tert-OH is 3. The molecule has 0 amide bonds. The molecule has 0 spiro atoms. The first-order valence-electron chi connectivity index (χ1n) is 4.96. The van der Waals surface area contributed by atoms with Gasteiger partial charge in [0.2, 0.25) is 0 Å². The Morgan fingerprint density at radius 3 is 1.92 bits per heavy atom. The van der Waals surface area contributed by atoms with Gasteiger partial charge in [-0.25, -0.2) is 0 Å². The molecule has 4 heteroatoms. The van der Waals surface area contributed by atoms with E-state index in [1.165, 1.54) is 0 Å². The highest BCUT2D eigenvalue weighted by molar-refractivity contribution is 4.92. The lowest BCUT2D eigenvalue weighted by molar-refractivity contribution is 0.0572. The van der Waals surface area contributed by atoms with Crippen LogP contribution in [0.4, 0.5) is 0 Å². The third-order valence-electron chi connectivity index (χ3n) is 3.20. The molecule has 1 aliphatic heterocycles. The van der Waals surface area contributed by atoms with Crippen molar-refractivity contribution in [3.63, 3.8) is 0 Å². The molecule has 0 radical (unpaired) electrons. The second kappa shape index (κ2) is 3.53. The van der Waals surface area contributed by atoms with E-state index in [-0.39, 0.29) is 12.1 Å². The zero-order chi connectivity index (χ0) is 9.42. The lowest BCUT2D eigenvalue weighted by Crippen LogP contribution is -2.39. The topological polar surface area (TPSA) is 63.9 Å². The number of nitrogens with zero attached hydrogens (tertiary/aromatic N) is 1. The van der Waals surface area contributed by atoms with Crippen LogP contribution in [-0.2, 0) is 0 Å². The minimum Gasteiger partial charge on any atom is -0.391 e. The van der Waals surface area contributed by atoms with Crippen LogP contribution >= 0.6 is 0 Å². The summed E-state index contributed by atoms with van der Waals surface area (Å²) in [6, 6.07) is 0.159. The van der Waals surface area contributed by atoms with Gasteiger partial charge in [-0.3, -0.25) is 4.90 Å². The fourth-order valence-corrected chi connectivity index (χ4v) is 2.42. The van der Waals surface area contributed by atoms with E-state index in [2.05, 4.69) is 0 Å². The Morgan fingerprint density at radius 1 is 0.846 bits per heavy atom. The smallest absolute Gasteiger partial charge is 0.0938 e. The maximum absolute atomic E-state index is 9.62. The fraction of sp³-hybridized carbons (Fsp3) is 1.00. The number of β-amino-alcohol motifs (C(OH)–C–C–N with tert-alkyl or cyclic N) is 2. The molecule has 0 aromatic carbocycles. The van der Waals surface area contributed by atoms with Crippen LogP contribution < -0.4 is 0 Å². The molecule has 4 atom stereocenters. The highest BCUT2D eigenvalue weighted by Gasteiger charge is 2.38. The van der Waals surface area contributed by atoms with Gasteiger partial charge in [0.15, 0.2) is 0 Å². The van der Waals surface area contributed by atoms with Crippen molar-refractivity contribution in [2.75, 3.05) is 13.1 Å². The van der Waals surface area contributed by atoms with Crippen LogP contribution in [-0.4, -0.2) is 57.7 Å². The SMILES string of the molecule is OC1CCCC1N1C[C@@H](O)[C@@H](O)C1. The predicted octanol–water partition coefficient (Wildman–Crippen LogP) is -1.06. The number of hydrogen-bond acceptors (Lipinski definition) is 4. The highest BCUT2D eigenvalue weighted by atomic mass is 16.3. The molecule has 0 bridgehead atoms. The second-order valence-corrected chi connectivity index (χ2v) is 4.15. The Bertz CT molecular complexity index is 178. The first-order valence-corrected chi connectivity index (χ1v) is 4.96. The summed E-state index contributed by atoms with van der Waals surface area (Å²) in [5.74, 6) is 0. The minimum atomic E-state index is -0.632. The molecule has 2 unspecified atom stereocenters. The second-order valence-electron chi connectivity index (χ2n) is 4.15. The number of hydrogen-bond donors (Lipinski definition) is 3. The molecule has 3 N–H and O–H groups in total. The van der Waals surface area contributed by atoms with Gasteiger partial charge >= 0.3 is 0 Å². The van der Waals surface area contributed by atoms with Crippen molar-refractivity contribution < 1.29 is 15.3 Å². The molecule has 4 nitrogen and oxygen atoms in total. The molecule has 2 rings (SSSR count). The molecule has 1 saturated carbocycles. The zero-order valence-corrected chi connectivity index (χ0v) is 7.63. The molecular formula is C9H17NO3. The van der Waals surface area contributed by atoms with E-state index in [1.54, 1.807) is 0 Å². The van der Waals surface area contributed by atoms with E-state index >= 15 is 0 Å². The quantitative estimate of drug-likeness (QED) is 0.489. The summed E-state index contributed by atoms with van der Waals surface area (Å²) in [6.07, 6.45) is 1.36. The van der Waals surface area contributed by atoms with Crippen LogP contribution in [0, 0.1) is 0 Å². The summed E-state index contributed by atoms with van der Waals surface area (Å²) >= 11 is 0. The normalized spacial score (nSPS) is 47.3. The Hall–Kier alpha value is -0.160. The van der Waals surface area contributed by atoms with E-state index in [1.807, 2.05) is 4.90 Å². The van der Waals surface area contributed by atoms with E-state index in [9.17, 15) is 15.3 Å². The lowest BCUT2D eigenvalue weighted by Gasteiger charge is -2.25. The van der Waals surface area contributed by atoms with Gasteiger partial charge in [-0.1, -0.05) is 0 Å². The number of likely N-dealkylation sites (tertiary alicyclic amines) is 1. The Balaban J connectivity index is 1.95. The molecule has 2 aliphatic rings. The lowest BCUT2D eigenvalue weighted by atomic mass is 10.2. The fourth-order valence-electron chi connectivity index (χ4n) is 2.42. The zero-order valence-electron chi connectivity index (χ0n) is 7.63. The molecule has 76 valence electrons. The molecular weight excluding hydrogens is 170 g/mol. The van der Waals surface area contributed by atoms with Gasteiger partial charge in [0.05, 0.1) is 18.3 Å². The molecule has 1 aliphatic carbocycles. The van der Waals surface area contributed by atoms with Crippen LogP contribution in [0.2, 0.25) is 0 Å². The van der Waals surface area contributed by atoms with Gasteiger partial charge in [-0.2, -0.15) is 0 Å². The number of aliphatic hydroxyl groups is 3. The van der Waals surface area contributed by atoms with Crippen LogP contribution in [0.5, 0.6) is 0 Å². The Morgan fingerprint density at radius 2 is 1.46 bits per heavy atom. The predicted molar refractivity (Wildman–Crippen MR) is 47.2 cm³/mol. The van der Waals surface area contributed by atoms with Gasteiger partial charge in [-0.15, -0.1) is 0 Å². The summed E-state index contributed by atoms with van der Waals surface area (Å²) in [5.41, 5.74) is 0. The van der Waals surface area contributed by atoms with Gasteiger partial charge < -0.3 is 15.3 Å². The van der Waals surface area contributed by atoms with Crippen LogP contribution in [0.1, 0.15) is 19.3 Å². The largest absolute Gasteiger partial charge is 0.391 e. The Kier molecular flexibility index (Phi) is 2.55. The van der Waals surface area contributed by atoms with Gasteiger partial charge in [0.1, 0.15) is 0 Å². The van der Waals surface area contributed by atoms with E-state index < -0.39 is 12.2 Å². The first kappa shape index (κ1) is 9.40. The summed E-state index contributed by atoms with van der Waals surface area (Å²) in [4.78, 5) is 2.01. The molecule has 1 heterocycles. The van der Waals surface area contributed by atoms with Gasteiger partial charge in [-0.05, 0) is 19.3 Å². The van der Waals surface area contributed by atoms with E-state index in [0.29, 0.717) is 13.1 Å². The molecule has 13 heavy (non-hydrogen) atoms. The van der Waals surface area contributed by atoms with Crippen molar-refractivity contribution >= 4 is 0 Å². The van der Waals surface area contributed by atoms with Crippen LogP contribution in [0.15, 0.2) is 0 Å². The van der Waals surface area contributed by atoms with Crippen molar-refractivity contribution in [3.05, 3.63) is 0 Å². The molecule has 1 saturated heterocycles. The van der Waals surface area contributed by atoms with Crippen molar-refractivity contribution in [2.24, 2.45) is 0 Å². The van der Waals surface area contributed by atoms with Crippen LogP contribution in [0.25, 0.3) is 0 Å². The summed E-state index contributed by atoms with van der Waals surface area (Å²) in [6.45, 7) is 1.01. The van der Waals surface area contributed by atoms with Gasteiger partial charge in [0.25, 0.3) is 0 Å². The van der Waals surface area contributed by atoms with Crippen LogP contribution in [0.3, 0.4) is 0 Å². The van der Waals surface area contributed by atoms with Crippen molar-refractivity contribution in [1.82, 2.24) is 4.90 Å². The van der Waals surface area contributed by atoms with Gasteiger partial charge in [0, 0.05) is 19.1 Å². The maximum atomic E-state index is 9.62. The molecule has 0 aromatic rings. The Labute approximate surface area is 77.8 Å². The highest BCUT2D eigenvalue weighted by Crippen LogP contribution is 2.27.